The fraction of sp³-hybridized carbons (Fsp3) is 0.462. The van der Waals surface area contributed by atoms with Gasteiger partial charge in [0.15, 0.2) is 0 Å². The van der Waals surface area contributed by atoms with Crippen LogP contribution in [0.3, 0.4) is 0 Å². The van der Waals surface area contributed by atoms with Crippen LogP contribution in [0.15, 0.2) is 28.7 Å². The lowest BCUT2D eigenvalue weighted by Crippen LogP contribution is -2.19. The molecular weight excluding hydrogens is 300 g/mol. The molecule has 0 aromatic heterocycles. The molecule has 1 rings (SSSR count). The predicted octanol–water partition coefficient (Wildman–Crippen LogP) is 2.09. The van der Waals surface area contributed by atoms with Crippen LogP contribution in [0.25, 0.3) is 0 Å². The van der Waals surface area contributed by atoms with Crippen LogP contribution < -0.4 is 0 Å². The number of hydrogen-bond acceptors (Lipinski definition) is 3. The summed E-state index contributed by atoms with van der Waals surface area (Å²) < 4.78 is 6.05. The maximum atomic E-state index is 11.1. The van der Waals surface area contributed by atoms with E-state index in [-0.39, 0.29) is 13.2 Å². The molecule has 1 aromatic carbocycles. The molecule has 1 unspecified atom stereocenters. The third-order valence-corrected chi connectivity index (χ3v) is 3.06. The Morgan fingerprint density at radius 3 is 2.78 bits per heavy atom. The van der Waals surface area contributed by atoms with Gasteiger partial charge in [0.2, 0.25) is 0 Å². The van der Waals surface area contributed by atoms with Gasteiger partial charge in [-0.05, 0) is 30.5 Å². The number of aliphatic hydroxyl groups is 1. The Hall–Kier alpha value is -0.910. The van der Waals surface area contributed by atoms with Gasteiger partial charge in [0.25, 0.3) is 0 Å². The molecule has 0 heterocycles. The summed E-state index contributed by atoms with van der Waals surface area (Å²) in [4.78, 5) is 11.1. The summed E-state index contributed by atoms with van der Waals surface area (Å²) in [5, 5.41) is 17.7. The minimum atomic E-state index is -0.817. The third kappa shape index (κ3) is 5.62. The lowest BCUT2D eigenvalue weighted by atomic mass is 9.97. The molecule has 0 saturated carbocycles. The minimum Gasteiger partial charge on any atom is -0.481 e. The molecule has 1 atom stereocenters. The lowest BCUT2D eigenvalue weighted by molar-refractivity contribution is -0.142. The highest BCUT2D eigenvalue weighted by Gasteiger charge is 2.17. The molecule has 0 aliphatic heterocycles. The molecule has 0 radical (unpaired) electrons. The highest BCUT2D eigenvalue weighted by molar-refractivity contribution is 9.10. The Kier molecular flexibility index (Phi) is 6.93. The summed E-state index contributed by atoms with van der Waals surface area (Å²) in [7, 11) is 0. The summed E-state index contributed by atoms with van der Waals surface area (Å²) >= 11 is 3.36. The second kappa shape index (κ2) is 8.24. The van der Waals surface area contributed by atoms with Crippen molar-refractivity contribution in [3.63, 3.8) is 0 Å². The number of halogens is 1. The van der Waals surface area contributed by atoms with E-state index >= 15 is 0 Å². The first-order valence-corrected chi connectivity index (χ1v) is 6.58. The number of aliphatic hydroxyl groups excluding tert-OH is 1. The fourth-order valence-electron chi connectivity index (χ4n) is 1.65. The van der Waals surface area contributed by atoms with E-state index in [1.54, 1.807) is 0 Å². The highest BCUT2D eigenvalue weighted by atomic mass is 79.9. The quantitative estimate of drug-likeness (QED) is 0.721. The van der Waals surface area contributed by atoms with Crippen LogP contribution in [0.1, 0.15) is 12.0 Å². The van der Waals surface area contributed by atoms with Crippen LogP contribution in [-0.2, 0) is 16.0 Å². The fourth-order valence-corrected chi connectivity index (χ4v) is 2.10. The summed E-state index contributed by atoms with van der Waals surface area (Å²) in [6, 6.07) is 7.63. The zero-order valence-corrected chi connectivity index (χ0v) is 11.6. The van der Waals surface area contributed by atoms with Gasteiger partial charge in [-0.3, -0.25) is 4.79 Å². The van der Waals surface area contributed by atoms with Gasteiger partial charge in [0.05, 0.1) is 19.1 Å². The zero-order chi connectivity index (χ0) is 13.4. The first kappa shape index (κ1) is 15.1. The van der Waals surface area contributed by atoms with Crippen LogP contribution in [0.2, 0.25) is 0 Å². The van der Waals surface area contributed by atoms with E-state index in [1.807, 2.05) is 24.3 Å². The van der Waals surface area contributed by atoms with Crippen molar-refractivity contribution in [2.24, 2.45) is 5.92 Å². The molecule has 0 spiro atoms. The van der Waals surface area contributed by atoms with E-state index in [0.717, 1.165) is 10.0 Å². The van der Waals surface area contributed by atoms with Crippen molar-refractivity contribution < 1.29 is 19.7 Å². The maximum absolute atomic E-state index is 11.1. The van der Waals surface area contributed by atoms with Crippen LogP contribution in [0, 0.1) is 5.92 Å². The predicted molar refractivity (Wildman–Crippen MR) is 71.5 cm³/mol. The molecule has 0 saturated heterocycles. The maximum Gasteiger partial charge on any atom is 0.306 e. The Morgan fingerprint density at radius 2 is 2.17 bits per heavy atom. The number of carboxylic acids is 1. The van der Waals surface area contributed by atoms with Crippen LogP contribution in [-0.4, -0.2) is 36.0 Å². The summed E-state index contributed by atoms with van der Waals surface area (Å²) in [5.74, 6) is -1.28. The van der Waals surface area contributed by atoms with Crippen molar-refractivity contribution in [2.75, 3.05) is 19.8 Å². The van der Waals surface area contributed by atoms with E-state index in [9.17, 15) is 4.79 Å². The number of rotatable bonds is 8. The van der Waals surface area contributed by atoms with Gasteiger partial charge in [-0.2, -0.15) is 0 Å². The SMILES string of the molecule is O=C(O)C(CCOCCO)Cc1cccc(Br)c1. The van der Waals surface area contributed by atoms with E-state index in [2.05, 4.69) is 15.9 Å². The Morgan fingerprint density at radius 1 is 1.39 bits per heavy atom. The van der Waals surface area contributed by atoms with Gasteiger partial charge in [-0.15, -0.1) is 0 Å². The van der Waals surface area contributed by atoms with Crippen molar-refractivity contribution in [3.8, 4) is 0 Å². The smallest absolute Gasteiger partial charge is 0.306 e. The molecule has 18 heavy (non-hydrogen) atoms. The van der Waals surface area contributed by atoms with Gasteiger partial charge in [0.1, 0.15) is 0 Å². The van der Waals surface area contributed by atoms with Crippen LogP contribution in [0.5, 0.6) is 0 Å². The van der Waals surface area contributed by atoms with Gasteiger partial charge in [-0.25, -0.2) is 0 Å². The van der Waals surface area contributed by atoms with Crippen molar-refractivity contribution in [2.45, 2.75) is 12.8 Å². The normalized spacial score (nSPS) is 12.3. The highest BCUT2D eigenvalue weighted by Crippen LogP contribution is 2.17. The molecule has 100 valence electrons. The molecule has 5 heteroatoms. The molecule has 0 aliphatic carbocycles. The second-order valence-electron chi connectivity index (χ2n) is 3.99. The number of carbonyl (C=O) groups is 1. The van der Waals surface area contributed by atoms with Crippen molar-refractivity contribution in [1.29, 1.82) is 0 Å². The van der Waals surface area contributed by atoms with Crippen molar-refractivity contribution in [3.05, 3.63) is 34.3 Å². The van der Waals surface area contributed by atoms with Gasteiger partial charge in [0, 0.05) is 11.1 Å². The Bertz CT molecular complexity index is 381. The standard InChI is InChI=1S/C13H17BrO4/c14-12-3-1-2-10(9-12)8-11(13(16)17)4-6-18-7-5-15/h1-3,9,11,15H,4-8H2,(H,16,17). The van der Waals surface area contributed by atoms with Gasteiger partial charge in [-0.1, -0.05) is 28.1 Å². The van der Waals surface area contributed by atoms with E-state index < -0.39 is 11.9 Å². The third-order valence-electron chi connectivity index (χ3n) is 2.57. The van der Waals surface area contributed by atoms with Crippen molar-refractivity contribution in [1.82, 2.24) is 0 Å². The van der Waals surface area contributed by atoms with E-state index in [0.29, 0.717) is 19.4 Å². The monoisotopic (exact) mass is 316 g/mol. The largest absolute Gasteiger partial charge is 0.481 e. The zero-order valence-electron chi connectivity index (χ0n) is 10.0. The first-order valence-electron chi connectivity index (χ1n) is 5.79. The summed E-state index contributed by atoms with van der Waals surface area (Å²) in [6.45, 7) is 0.568. The Balaban J connectivity index is 2.50. The molecule has 4 nitrogen and oxygen atoms in total. The molecule has 0 fully saturated rings. The van der Waals surface area contributed by atoms with Gasteiger partial charge < -0.3 is 14.9 Å². The lowest BCUT2D eigenvalue weighted by Gasteiger charge is -2.12. The topological polar surface area (TPSA) is 66.8 Å². The summed E-state index contributed by atoms with van der Waals surface area (Å²) in [5.41, 5.74) is 0.985. The van der Waals surface area contributed by atoms with Crippen molar-refractivity contribution >= 4 is 21.9 Å². The Labute approximate surface area is 115 Å². The summed E-state index contributed by atoms with van der Waals surface area (Å²) in [6.07, 6.45) is 0.930. The van der Waals surface area contributed by atoms with E-state index in [1.165, 1.54) is 0 Å². The average Bonchev–Trinajstić information content (AvgIpc) is 2.33. The average molecular weight is 317 g/mol. The number of hydrogen-bond donors (Lipinski definition) is 2. The molecule has 0 bridgehead atoms. The molecule has 2 N–H and O–H groups in total. The number of benzene rings is 1. The van der Waals surface area contributed by atoms with Crippen LogP contribution >= 0.6 is 15.9 Å². The van der Waals surface area contributed by atoms with Gasteiger partial charge >= 0.3 is 5.97 Å². The molecular formula is C13H17BrO4. The second-order valence-corrected chi connectivity index (χ2v) is 4.91. The van der Waals surface area contributed by atoms with E-state index in [4.69, 9.17) is 14.9 Å². The minimum absolute atomic E-state index is 0.0383. The van der Waals surface area contributed by atoms with Crippen LogP contribution in [0.4, 0.5) is 0 Å². The first-order chi connectivity index (χ1) is 8.63. The molecule has 1 aromatic rings. The number of ether oxygens (including phenoxy) is 1. The molecule has 0 aliphatic rings. The molecule has 0 amide bonds. The number of carboxylic acid groups (broad SMARTS) is 1. The number of aliphatic carboxylic acids is 1.